The van der Waals surface area contributed by atoms with Crippen LogP contribution in [0.25, 0.3) is 0 Å². The predicted molar refractivity (Wildman–Crippen MR) is 68.5 cm³/mol. The molecule has 2 rings (SSSR count). The number of nitrogens with zero attached hydrogens (tertiary/aromatic N) is 3. The van der Waals surface area contributed by atoms with E-state index in [4.69, 9.17) is 17.3 Å². The number of anilines is 1. The number of halogens is 1. The second-order valence-corrected chi connectivity index (χ2v) is 4.99. The highest BCUT2D eigenvalue weighted by Gasteiger charge is 2.30. The number of hydrogen-bond donors (Lipinski definition) is 1. The molecule has 1 saturated heterocycles. The van der Waals surface area contributed by atoms with Gasteiger partial charge in [-0.3, -0.25) is 4.79 Å². The molecule has 0 aromatic carbocycles. The van der Waals surface area contributed by atoms with Crippen molar-refractivity contribution in [3.8, 4) is 0 Å². The first-order valence-corrected chi connectivity index (χ1v) is 6.11. The van der Waals surface area contributed by atoms with Gasteiger partial charge in [-0.2, -0.15) is 5.10 Å². The van der Waals surface area contributed by atoms with Crippen molar-refractivity contribution >= 4 is 17.3 Å². The van der Waals surface area contributed by atoms with Crippen LogP contribution in [0.3, 0.4) is 0 Å². The lowest BCUT2D eigenvalue weighted by molar-refractivity contribution is 0.579. The maximum atomic E-state index is 11.7. The Kier molecular flexibility index (Phi) is 3.40. The fourth-order valence-corrected chi connectivity index (χ4v) is 2.63. The van der Waals surface area contributed by atoms with Crippen LogP contribution < -0.4 is 16.2 Å². The molecule has 17 heavy (non-hydrogen) atoms. The summed E-state index contributed by atoms with van der Waals surface area (Å²) >= 11 is 6.09. The second kappa shape index (κ2) is 4.66. The van der Waals surface area contributed by atoms with E-state index in [1.807, 2.05) is 0 Å². The van der Waals surface area contributed by atoms with Gasteiger partial charge in [0.15, 0.2) is 0 Å². The highest BCUT2D eigenvalue weighted by atomic mass is 35.5. The summed E-state index contributed by atoms with van der Waals surface area (Å²) in [5, 5.41) is 4.26. The van der Waals surface area contributed by atoms with Gasteiger partial charge in [-0.15, -0.1) is 0 Å². The molecule has 2 unspecified atom stereocenters. The van der Waals surface area contributed by atoms with Crippen LogP contribution in [-0.4, -0.2) is 28.9 Å². The molecule has 5 nitrogen and oxygen atoms in total. The monoisotopic (exact) mass is 256 g/mol. The third-order valence-corrected chi connectivity index (χ3v) is 3.72. The largest absolute Gasteiger partial charge is 0.366 e. The molecule has 0 bridgehead atoms. The Bertz CT molecular complexity index is 473. The zero-order valence-corrected chi connectivity index (χ0v) is 10.8. The van der Waals surface area contributed by atoms with Gasteiger partial charge in [0.1, 0.15) is 5.02 Å². The van der Waals surface area contributed by atoms with E-state index in [2.05, 4.69) is 16.9 Å². The van der Waals surface area contributed by atoms with Crippen LogP contribution in [-0.2, 0) is 7.05 Å². The smallest absolute Gasteiger partial charge is 0.287 e. The fraction of sp³-hybridized carbons (Fsp3) is 0.636. The standard InChI is InChI=1S/C11H17ClN4O/c1-7-3-8(4-13)6-16(7)9-5-14-15(2)11(17)10(9)12/h5,7-8H,3-4,6,13H2,1-2H3. The minimum atomic E-state index is -0.257. The molecule has 1 fully saturated rings. The van der Waals surface area contributed by atoms with Crippen molar-refractivity contribution in [2.75, 3.05) is 18.0 Å². The predicted octanol–water partition coefficient (Wildman–Crippen LogP) is 0.607. The van der Waals surface area contributed by atoms with E-state index in [1.165, 1.54) is 4.68 Å². The van der Waals surface area contributed by atoms with E-state index in [-0.39, 0.29) is 10.6 Å². The zero-order chi connectivity index (χ0) is 12.6. The van der Waals surface area contributed by atoms with Gasteiger partial charge >= 0.3 is 0 Å². The number of hydrogen-bond acceptors (Lipinski definition) is 4. The molecular formula is C11H17ClN4O. The SMILES string of the molecule is CC1CC(CN)CN1c1cnn(C)c(=O)c1Cl. The first kappa shape index (κ1) is 12.4. The van der Waals surface area contributed by atoms with Crippen LogP contribution in [0.15, 0.2) is 11.0 Å². The van der Waals surface area contributed by atoms with Crippen LogP contribution in [0.1, 0.15) is 13.3 Å². The van der Waals surface area contributed by atoms with Crippen LogP contribution in [0.5, 0.6) is 0 Å². The summed E-state index contributed by atoms with van der Waals surface area (Å²) in [6, 6.07) is 0.343. The third kappa shape index (κ3) is 2.17. The summed E-state index contributed by atoms with van der Waals surface area (Å²) in [6.07, 6.45) is 2.68. The van der Waals surface area contributed by atoms with Gasteiger partial charge in [0.05, 0.1) is 11.9 Å². The summed E-state index contributed by atoms with van der Waals surface area (Å²) in [5.41, 5.74) is 6.15. The Morgan fingerprint density at radius 1 is 1.65 bits per heavy atom. The number of aryl methyl sites for hydroxylation is 1. The topological polar surface area (TPSA) is 64.2 Å². The van der Waals surface area contributed by atoms with Crippen LogP contribution in [0, 0.1) is 5.92 Å². The summed E-state index contributed by atoms with van der Waals surface area (Å²) in [5.74, 6) is 0.463. The van der Waals surface area contributed by atoms with Gasteiger partial charge < -0.3 is 10.6 Å². The minimum absolute atomic E-state index is 0.243. The normalized spacial score (nSPS) is 24.4. The van der Waals surface area contributed by atoms with Crippen LogP contribution >= 0.6 is 11.6 Å². The Balaban J connectivity index is 2.35. The third-order valence-electron chi connectivity index (χ3n) is 3.36. The molecule has 1 aromatic heterocycles. The maximum Gasteiger partial charge on any atom is 0.287 e. The molecule has 2 heterocycles. The van der Waals surface area contributed by atoms with Crippen molar-refractivity contribution < 1.29 is 0 Å². The molecule has 6 heteroatoms. The molecule has 0 spiro atoms. The Morgan fingerprint density at radius 2 is 2.35 bits per heavy atom. The van der Waals surface area contributed by atoms with Crippen LogP contribution in [0.4, 0.5) is 5.69 Å². The summed E-state index contributed by atoms with van der Waals surface area (Å²) in [6.45, 7) is 3.62. The molecule has 1 aliphatic rings. The molecule has 1 aliphatic heterocycles. The lowest BCUT2D eigenvalue weighted by atomic mass is 10.1. The fourth-order valence-electron chi connectivity index (χ4n) is 2.35. The Labute approximate surface area is 105 Å². The number of rotatable bonds is 2. The van der Waals surface area contributed by atoms with Crippen molar-refractivity contribution in [2.24, 2.45) is 18.7 Å². The van der Waals surface area contributed by atoms with Gasteiger partial charge in [0.2, 0.25) is 0 Å². The van der Waals surface area contributed by atoms with Gasteiger partial charge in [-0.05, 0) is 25.8 Å². The summed E-state index contributed by atoms with van der Waals surface area (Å²) in [4.78, 5) is 13.8. The van der Waals surface area contributed by atoms with Crippen molar-refractivity contribution in [2.45, 2.75) is 19.4 Å². The van der Waals surface area contributed by atoms with Gasteiger partial charge in [-0.25, -0.2) is 4.68 Å². The average molecular weight is 257 g/mol. The molecule has 0 saturated carbocycles. The molecule has 1 aromatic rings. The molecule has 0 radical (unpaired) electrons. The molecule has 94 valence electrons. The molecule has 0 aliphatic carbocycles. The molecule has 2 N–H and O–H groups in total. The van der Waals surface area contributed by atoms with E-state index >= 15 is 0 Å². The molecular weight excluding hydrogens is 240 g/mol. The summed E-state index contributed by atoms with van der Waals surface area (Å²) < 4.78 is 1.24. The summed E-state index contributed by atoms with van der Waals surface area (Å²) in [7, 11) is 1.59. The highest BCUT2D eigenvalue weighted by molar-refractivity contribution is 6.33. The van der Waals surface area contributed by atoms with Crippen molar-refractivity contribution in [3.05, 3.63) is 21.6 Å². The maximum absolute atomic E-state index is 11.7. The second-order valence-electron chi connectivity index (χ2n) is 4.61. The van der Waals surface area contributed by atoms with E-state index in [0.717, 1.165) is 18.7 Å². The van der Waals surface area contributed by atoms with E-state index in [9.17, 15) is 4.79 Å². The molecule has 2 atom stereocenters. The average Bonchev–Trinajstić information content (AvgIpc) is 2.68. The highest BCUT2D eigenvalue weighted by Crippen LogP contribution is 2.31. The zero-order valence-electron chi connectivity index (χ0n) is 10.1. The number of aromatic nitrogens is 2. The van der Waals surface area contributed by atoms with E-state index in [0.29, 0.717) is 18.5 Å². The van der Waals surface area contributed by atoms with Crippen molar-refractivity contribution in [1.29, 1.82) is 0 Å². The van der Waals surface area contributed by atoms with E-state index in [1.54, 1.807) is 13.2 Å². The lowest BCUT2D eigenvalue weighted by Gasteiger charge is -2.24. The number of nitrogens with two attached hydrogens (primary N) is 1. The van der Waals surface area contributed by atoms with Crippen molar-refractivity contribution in [1.82, 2.24) is 9.78 Å². The minimum Gasteiger partial charge on any atom is -0.366 e. The van der Waals surface area contributed by atoms with Crippen molar-refractivity contribution in [3.63, 3.8) is 0 Å². The molecule has 0 amide bonds. The van der Waals surface area contributed by atoms with Gasteiger partial charge in [0, 0.05) is 19.6 Å². The quantitative estimate of drug-likeness (QED) is 0.842. The lowest BCUT2D eigenvalue weighted by Crippen LogP contribution is -2.31. The Morgan fingerprint density at radius 3 is 2.94 bits per heavy atom. The van der Waals surface area contributed by atoms with E-state index < -0.39 is 0 Å². The first-order valence-electron chi connectivity index (χ1n) is 5.73. The Hall–Kier alpha value is -1.07. The van der Waals surface area contributed by atoms with Gasteiger partial charge in [-0.1, -0.05) is 11.6 Å². The van der Waals surface area contributed by atoms with Crippen LogP contribution in [0.2, 0.25) is 5.02 Å². The first-order chi connectivity index (χ1) is 8.04. The van der Waals surface area contributed by atoms with Gasteiger partial charge in [0.25, 0.3) is 5.56 Å².